The molecule has 2 aromatic rings. The van der Waals surface area contributed by atoms with Gasteiger partial charge in [0.15, 0.2) is 0 Å². The summed E-state index contributed by atoms with van der Waals surface area (Å²) in [6.45, 7) is 0.131. The topological polar surface area (TPSA) is 49.3 Å². The first-order valence-electron chi connectivity index (χ1n) is 6.12. The number of hydrogen-bond acceptors (Lipinski definition) is 2. The molecule has 0 aromatic heterocycles. The lowest BCUT2D eigenvalue weighted by Gasteiger charge is -2.10. The van der Waals surface area contributed by atoms with Crippen molar-refractivity contribution in [3.63, 3.8) is 0 Å². The van der Waals surface area contributed by atoms with Crippen LogP contribution in [0.15, 0.2) is 40.9 Å². The van der Waals surface area contributed by atoms with Crippen LogP contribution >= 0.6 is 39.1 Å². The van der Waals surface area contributed by atoms with Gasteiger partial charge in [-0.25, -0.2) is 0 Å². The molecular formula is C15H12BrCl2NO2. The van der Waals surface area contributed by atoms with Crippen LogP contribution in [0.5, 0.6) is 0 Å². The Balaban J connectivity index is 2.09. The first-order chi connectivity index (χ1) is 10.0. The molecule has 0 atom stereocenters. The highest BCUT2D eigenvalue weighted by Crippen LogP contribution is 2.22. The summed E-state index contributed by atoms with van der Waals surface area (Å²) in [4.78, 5) is 12.2. The summed E-state index contributed by atoms with van der Waals surface area (Å²) in [6, 6.07) is 10.3. The highest BCUT2D eigenvalue weighted by molar-refractivity contribution is 9.10. The van der Waals surface area contributed by atoms with Gasteiger partial charge < -0.3 is 10.4 Å². The van der Waals surface area contributed by atoms with Gasteiger partial charge in [0.1, 0.15) is 0 Å². The maximum absolute atomic E-state index is 12.2. The van der Waals surface area contributed by atoms with Gasteiger partial charge in [-0.1, -0.05) is 45.2 Å². The number of benzene rings is 2. The normalized spacial score (nSPS) is 10.5. The number of rotatable bonds is 4. The van der Waals surface area contributed by atoms with E-state index < -0.39 is 0 Å². The Kier molecular flexibility index (Phi) is 5.65. The van der Waals surface area contributed by atoms with E-state index in [9.17, 15) is 9.90 Å². The standard InChI is InChI=1S/C15H12BrCl2NO2/c16-11-2-3-12(10(6-11)8-20)15(21)19-7-9-1-4-13(17)14(18)5-9/h1-6,20H,7-8H2,(H,19,21). The monoisotopic (exact) mass is 387 g/mol. The van der Waals surface area contributed by atoms with E-state index in [1.165, 1.54) is 0 Å². The molecule has 0 spiro atoms. The molecule has 0 radical (unpaired) electrons. The molecule has 0 unspecified atom stereocenters. The first-order valence-corrected chi connectivity index (χ1v) is 7.67. The van der Waals surface area contributed by atoms with Crippen LogP contribution in [0.2, 0.25) is 10.0 Å². The average molecular weight is 389 g/mol. The number of nitrogens with one attached hydrogen (secondary N) is 1. The lowest BCUT2D eigenvalue weighted by molar-refractivity contribution is 0.0948. The van der Waals surface area contributed by atoms with E-state index in [-0.39, 0.29) is 12.5 Å². The molecule has 0 aliphatic carbocycles. The number of carbonyl (C=O) groups excluding carboxylic acids is 1. The Morgan fingerprint density at radius 1 is 1.14 bits per heavy atom. The minimum Gasteiger partial charge on any atom is -0.392 e. The highest BCUT2D eigenvalue weighted by Gasteiger charge is 2.11. The van der Waals surface area contributed by atoms with Crippen molar-refractivity contribution in [2.75, 3.05) is 0 Å². The van der Waals surface area contributed by atoms with Crippen molar-refractivity contribution in [1.82, 2.24) is 5.32 Å². The largest absolute Gasteiger partial charge is 0.392 e. The van der Waals surface area contributed by atoms with Crippen LogP contribution in [0.4, 0.5) is 0 Å². The van der Waals surface area contributed by atoms with Gasteiger partial charge in [0.2, 0.25) is 0 Å². The molecule has 0 saturated heterocycles. The van der Waals surface area contributed by atoms with Crippen molar-refractivity contribution >= 4 is 45.0 Å². The maximum atomic E-state index is 12.2. The molecule has 110 valence electrons. The van der Waals surface area contributed by atoms with Gasteiger partial charge in [-0.15, -0.1) is 0 Å². The van der Waals surface area contributed by atoms with Crippen LogP contribution in [0.25, 0.3) is 0 Å². The number of halogens is 3. The molecule has 0 aliphatic heterocycles. The fraction of sp³-hybridized carbons (Fsp3) is 0.133. The lowest BCUT2D eigenvalue weighted by Crippen LogP contribution is -2.24. The van der Waals surface area contributed by atoms with Crippen LogP contribution in [0.3, 0.4) is 0 Å². The van der Waals surface area contributed by atoms with Crippen molar-refractivity contribution in [3.8, 4) is 0 Å². The molecule has 21 heavy (non-hydrogen) atoms. The first kappa shape index (κ1) is 16.3. The average Bonchev–Trinajstić information content (AvgIpc) is 2.48. The Morgan fingerprint density at radius 2 is 1.90 bits per heavy atom. The zero-order chi connectivity index (χ0) is 15.4. The molecule has 3 nitrogen and oxygen atoms in total. The molecular weight excluding hydrogens is 377 g/mol. The number of amides is 1. The second kappa shape index (κ2) is 7.27. The second-order valence-electron chi connectivity index (χ2n) is 4.39. The van der Waals surface area contributed by atoms with E-state index in [0.29, 0.717) is 27.7 Å². The van der Waals surface area contributed by atoms with Crippen molar-refractivity contribution in [1.29, 1.82) is 0 Å². The van der Waals surface area contributed by atoms with Crippen molar-refractivity contribution < 1.29 is 9.90 Å². The fourth-order valence-corrected chi connectivity index (χ4v) is 2.57. The maximum Gasteiger partial charge on any atom is 0.251 e. The Bertz CT molecular complexity index is 677. The summed E-state index contributed by atoms with van der Waals surface area (Å²) in [5.74, 6) is -0.252. The number of hydrogen-bond donors (Lipinski definition) is 2. The molecule has 0 saturated carbocycles. The van der Waals surface area contributed by atoms with Crippen molar-refractivity contribution in [2.24, 2.45) is 0 Å². The van der Waals surface area contributed by atoms with Crippen molar-refractivity contribution in [2.45, 2.75) is 13.2 Å². The Hall–Kier alpha value is -1.07. The SMILES string of the molecule is O=C(NCc1ccc(Cl)c(Cl)c1)c1ccc(Br)cc1CO. The van der Waals surface area contributed by atoms with Crippen LogP contribution in [-0.2, 0) is 13.2 Å². The van der Waals surface area contributed by atoms with Gasteiger partial charge >= 0.3 is 0 Å². The molecule has 2 N–H and O–H groups in total. The molecule has 0 bridgehead atoms. The molecule has 0 aliphatic rings. The molecule has 1 amide bonds. The minimum atomic E-state index is -0.252. The molecule has 0 heterocycles. The van der Waals surface area contributed by atoms with Crippen LogP contribution in [0, 0.1) is 0 Å². The van der Waals surface area contributed by atoms with Crippen LogP contribution in [-0.4, -0.2) is 11.0 Å². The van der Waals surface area contributed by atoms with E-state index in [2.05, 4.69) is 21.2 Å². The van der Waals surface area contributed by atoms with E-state index in [1.807, 2.05) is 0 Å². The molecule has 6 heteroatoms. The van der Waals surface area contributed by atoms with Gasteiger partial charge in [-0.2, -0.15) is 0 Å². The van der Waals surface area contributed by atoms with Gasteiger partial charge in [0, 0.05) is 16.6 Å². The highest BCUT2D eigenvalue weighted by atomic mass is 79.9. The second-order valence-corrected chi connectivity index (χ2v) is 6.12. The Morgan fingerprint density at radius 3 is 2.57 bits per heavy atom. The third-order valence-electron chi connectivity index (χ3n) is 2.92. The zero-order valence-corrected chi connectivity index (χ0v) is 14.0. The summed E-state index contributed by atoms with van der Waals surface area (Å²) in [7, 11) is 0. The Labute approximate surface area is 141 Å². The van der Waals surface area contributed by atoms with E-state index in [4.69, 9.17) is 23.2 Å². The fourth-order valence-electron chi connectivity index (χ4n) is 1.84. The summed E-state index contributed by atoms with van der Waals surface area (Å²) in [5.41, 5.74) is 1.86. The van der Waals surface area contributed by atoms with Crippen LogP contribution < -0.4 is 5.32 Å². The molecule has 2 aromatic carbocycles. The summed E-state index contributed by atoms with van der Waals surface area (Å²) in [6.07, 6.45) is 0. The predicted octanol–water partition coefficient (Wildman–Crippen LogP) is 4.18. The number of aliphatic hydroxyl groups is 1. The number of carbonyl (C=O) groups is 1. The quantitative estimate of drug-likeness (QED) is 0.825. The summed E-state index contributed by atoms with van der Waals surface area (Å²) < 4.78 is 0.813. The lowest BCUT2D eigenvalue weighted by atomic mass is 10.1. The third-order valence-corrected chi connectivity index (χ3v) is 4.15. The van der Waals surface area contributed by atoms with Crippen LogP contribution in [0.1, 0.15) is 21.5 Å². The number of aliphatic hydroxyl groups excluding tert-OH is 1. The van der Waals surface area contributed by atoms with Gasteiger partial charge in [0.05, 0.1) is 16.7 Å². The summed E-state index contributed by atoms with van der Waals surface area (Å²) in [5, 5.41) is 13.0. The van der Waals surface area contributed by atoms with Gasteiger partial charge in [0.25, 0.3) is 5.91 Å². The molecule has 2 rings (SSSR count). The smallest absolute Gasteiger partial charge is 0.251 e. The van der Waals surface area contributed by atoms with E-state index >= 15 is 0 Å². The summed E-state index contributed by atoms with van der Waals surface area (Å²) >= 11 is 15.1. The van der Waals surface area contributed by atoms with E-state index in [0.717, 1.165) is 10.0 Å². The molecule has 0 fully saturated rings. The minimum absolute atomic E-state index is 0.199. The van der Waals surface area contributed by atoms with Gasteiger partial charge in [-0.3, -0.25) is 4.79 Å². The van der Waals surface area contributed by atoms with Crippen molar-refractivity contribution in [3.05, 3.63) is 67.6 Å². The predicted molar refractivity (Wildman–Crippen MR) is 87.7 cm³/mol. The zero-order valence-electron chi connectivity index (χ0n) is 10.9. The third kappa shape index (κ3) is 4.20. The van der Waals surface area contributed by atoms with Gasteiger partial charge in [-0.05, 0) is 41.5 Å². The van der Waals surface area contributed by atoms with E-state index in [1.54, 1.807) is 36.4 Å².